The smallest absolute Gasteiger partial charge is 0.399 e. The minimum Gasteiger partial charge on any atom is -0.399 e. The monoisotopic (exact) mass is 2080 g/mol. The van der Waals surface area contributed by atoms with E-state index in [0.29, 0.717) is 66.1 Å². The first-order valence-electron chi connectivity index (χ1n) is 43.1. The maximum absolute atomic E-state index is 18.6. The lowest BCUT2D eigenvalue weighted by atomic mass is 9.86. The number of sulfonamides is 2. The molecule has 0 bridgehead atoms. The van der Waals surface area contributed by atoms with Crippen LogP contribution in [-0.2, 0) is 20.0 Å². The molecule has 0 atom stereocenters. The van der Waals surface area contributed by atoms with Crippen LogP contribution in [0.2, 0.25) is 0 Å². The molecular weight excluding hydrogens is 2030 g/mol. The van der Waals surface area contributed by atoms with Crippen molar-refractivity contribution in [3.8, 4) is 134 Å². The molecule has 712 valence electrons. The van der Waals surface area contributed by atoms with Gasteiger partial charge in [0.2, 0.25) is 0 Å². The maximum atomic E-state index is 18.6. The van der Waals surface area contributed by atoms with Crippen LogP contribution < -0.4 is 26.8 Å². The highest BCUT2D eigenvalue weighted by Crippen LogP contribution is 2.71. The lowest BCUT2D eigenvalue weighted by Gasteiger charge is -2.28. The fourth-order valence-electron chi connectivity index (χ4n) is 18.0. The van der Waals surface area contributed by atoms with E-state index in [1.54, 1.807) is 303 Å². The second-order valence-corrected chi connectivity index (χ2v) is 41.8. The zero-order valence-electron chi connectivity index (χ0n) is 72.9. The van der Waals surface area contributed by atoms with E-state index in [9.17, 15) is 0 Å². The van der Waals surface area contributed by atoms with Gasteiger partial charge in [0.1, 0.15) is 26.4 Å². The molecular formula is C110H61Cl4F14N3O8P2S2. The van der Waals surface area contributed by atoms with Crippen LogP contribution in [0.3, 0.4) is 0 Å². The number of rotatable bonds is 14. The van der Waals surface area contributed by atoms with Gasteiger partial charge >= 0.3 is 15.3 Å². The lowest BCUT2D eigenvalue weighted by Crippen LogP contribution is -2.29. The Morgan fingerprint density at radius 1 is 0.252 bits per heavy atom. The van der Waals surface area contributed by atoms with Crippen molar-refractivity contribution in [1.82, 2.24) is 8.67 Å². The average molecular weight is 2090 g/mol. The standard InChI is InChI=1S/C108H56F14N3O8P2S2.2CH2Cl2/c109-89-85-87(91(111)99(119)97(89)117)95(115)107(101(121)93(85)113)136(126,127)124-134(130-103-77(65-45-37-61(38-46-65)57-21-5-1-6-22-57)53-69-29-13-17-33-73(69)81(103)82-74-34-18-14-30-70(74)54-78(104(82)131-134)66-47-39-62(40-48-66)58-23-7-2-8-24-58)123-135(125-137(128,129)108-96(116)88-86(94(114)102(108)122)90(110)98(118)100(120)92(88)112)132-105-79(67-49-41-63(42-50-67)59-25-9-3-10-26-59)55-71-31-15-19-35-75(71)83(105)84-76-36-20-16-32-72(76)56-80(106(84)133-135)68-51-43-64(44-52-68)60-27-11-4-12-28-60;2*2-1-3/h1-56H;2*1H2/q-1;;/p+1. The molecule has 1 N–H and O–H groups in total. The van der Waals surface area contributed by atoms with Crippen LogP contribution in [0.4, 0.5) is 61.5 Å². The fourth-order valence-corrected chi connectivity index (χ4v) is 27.4. The Balaban J connectivity index is 0.00000203. The Morgan fingerprint density at radius 2 is 0.462 bits per heavy atom. The van der Waals surface area contributed by atoms with Gasteiger partial charge in [0.15, 0.2) is 97.8 Å². The molecule has 0 radical (unpaired) electrons. The summed E-state index contributed by atoms with van der Waals surface area (Å²) in [4.78, 5) is -5.50. The third kappa shape index (κ3) is 17.1. The van der Waals surface area contributed by atoms with Gasteiger partial charge in [-0.05, 0) is 138 Å². The molecule has 20 aromatic rings. The van der Waals surface area contributed by atoms with Crippen LogP contribution in [0.15, 0.2) is 350 Å². The minimum absolute atomic E-state index is 0.107. The van der Waals surface area contributed by atoms with Crippen LogP contribution in [0.1, 0.15) is 0 Å². The molecule has 20 aromatic carbocycles. The van der Waals surface area contributed by atoms with Gasteiger partial charge in [0.05, 0.1) is 32.2 Å². The summed E-state index contributed by atoms with van der Waals surface area (Å²) in [7, 11) is -28.2. The summed E-state index contributed by atoms with van der Waals surface area (Å²) < 4.78 is 349. The minimum atomic E-state index is -7.21. The topological polar surface area (TPSA) is 145 Å². The number of hydrogen-bond donors (Lipinski definition) is 1. The molecule has 0 amide bonds. The highest BCUT2D eigenvalue weighted by molar-refractivity contribution is 8.02. The number of fused-ring (bicyclic) bond motifs is 16. The van der Waals surface area contributed by atoms with Crippen LogP contribution in [-0.4, -0.2) is 27.5 Å². The number of halogens is 18. The van der Waals surface area contributed by atoms with E-state index >= 15 is 78.3 Å². The van der Waals surface area contributed by atoms with E-state index in [1.165, 1.54) is 12.1 Å². The van der Waals surface area contributed by atoms with E-state index in [2.05, 4.69) is 4.49 Å². The van der Waals surface area contributed by atoms with Crippen molar-refractivity contribution in [2.45, 2.75) is 9.79 Å². The predicted octanol–water partition coefficient (Wildman–Crippen LogP) is 34.0. The molecule has 143 heavy (non-hydrogen) atoms. The summed E-state index contributed by atoms with van der Waals surface area (Å²) >= 11 is 19.1. The Bertz CT molecular complexity index is 8170. The molecule has 33 heteroatoms. The Kier molecular flexibility index (Phi) is 25.9. The molecule has 0 aromatic heterocycles. The van der Waals surface area contributed by atoms with Crippen molar-refractivity contribution in [1.29, 1.82) is 0 Å². The van der Waals surface area contributed by atoms with Crippen molar-refractivity contribution >= 4 is 146 Å². The summed E-state index contributed by atoms with van der Waals surface area (Å²) in [6.45, 7) is 0. The number of hydrogen-bond acceptors (Lipinski definition) is 8. The molecule has 2 aliphatic rings. The van der Waals surface area contributed by atoms with Crippen LogP contribution >= 0.6 is 61.7 Å². The zero-order chi connectivity index (χ0) is 100.0. The Morgan fingerprint density at radius 3 is 0.734 bits per heavy atom. The number of benzene rings is 20. The van der Waals surface area contributed by atoms with Gasteiger partial charge in [-0.2, -0.15) is 0 Å². The summed E-state index contributed by atoms with van der Waals surface area (Å²) in [6, 6.07) is 94.4. The van der Waals surface area contributed by atoms with E-state index in [4.69, 9.17) is 68.7 Å². The quantitative estimate of drug-likeness (QED) is 0.0283. The first-order chi connectivity index (χ1) is 69.0. The molecule has 2 heterocycles. The zero-order valence-corrected chi connectivity index (χ0v) is 79.4. The Labute approximate surface area is 825 Å². The van der Waals surface area contributed by atoms with Gasteiger partial charge in [-0.3, -0.25) is 0 Å². The van der Waals surface area contributed by atoms with Crippen molar-refractivity contribution in [2.24, 2.45) is 0 Å². The van der Waals surface area contributed by atoms with Crippen LogP contribution in [0, 0.1) is 81.4 Å². The maximum Gasteiger partial charge on any atom is 0.682 e. The molecule has 0 spiro atoms. The molecule has 0 saturated carbocycles. The summed E-state index contributed by atoms with van der Waals surface area (Å²) in [5, 5.41) is -6.86. The van der Waals surface area contributed by atoms with E-state index in [-0.39, 0.29) is 99.0 Å². The molecule has 0 saturated heterocycles. The third-order valence-electron chi connectivity index (χ3n) is 24.4. The highest BCUT2D eigenvalue weighted by atomic mass is 35.5. The van der Waals surface area contributed by atoms with E-state index in [1.807, 2.05) is 28.8 Å². The molecule has 0 aliphatic carbocycles. The van der Waals surface area contributed by atoms with Gasteiger partial charge in [0.25, 0.3) is 10.0 Å². The summed E-state index contributed by atoms with van der Waals surface area (Å²) in [5.41, 5.74) is 4.74. The number of nitrogens with one attached hydrogen (secondary N) is 1. The summed E-state index contributed by atoms with van der Waals surface area (Å²) in [5.74, 6) is -42.7. The first kappa shape index (κ1) is 96.2. The molecule has 22 rings (SSSR count). The van der Waals surface area contributed by atoms with Crippen molar-refractivity contribution in [3.63, 3.8) is 0 Å². The van der Waals surface area contributed by atoms with Crippen molar-refractivity contribution < 1.29 is 96.4 Å². The average Bonchev–Trinajstić information content (AvgIpc) is 1.55. The largest absolute Gasteiger partial charge is 0.682 e. The first-order valence-corrected chi connectivity index (χ1v) is 51.3. The van der Waals surface area contributed by atoms with Gasteiger partial charge in [-0.25, -0.2) is 78.3 Å². The van der Waals surface area contributed by atoms with Crippen molar-refractivity contribution in [2.75, 3.05) is 10.7 Å². The van der Waals surface area contributed by atoms with Gasteiger partial charge in [-0.15, -0.1) is 46.4 Å². The second kappa shape index (κ2) is 38.5. The lowest BCUT2D eigenvalue weighted by molar-refractivity contribution is 0.408. The van der Waals surface area contributed by atoms with Crippen LogP contribution in [0.25, 0.3) is 180 Å². The highest BCUT2D eigenvalue weighted by Gasteiger charge is 2.55. The van der Waals surface area contributed by atoms with Crippen molar-refractivity contribution in [3.05, 3.63) is 426 Å². The third-order valence-corrected chi connectivity index (χ3v) is 33.3. The normalized spacial score (nSPS) is 12.9. The molecule has 0 unspecified atom stereocenters. The summed E-state index contributed by atoms with van der Waals surface area (Å²) in [6.07, 6.45) is 0. The van der Waals surface area contributed by atoms with Gasteiger partial charge in [0, 0.05) is 44.5 Å². The number of nitrogens with zero attached hydrogens (tertiary/aromatic N) is 2. The SMILES string of the molecule is ClCCl.ClCCl.O=S(=O)([N-]P1(=[N+]=P2(NS(=O)(=O)c3c(F)c(F)c4c(F)c(F)c(F)c(F)c4c3F)Oc3c(-c4ccc(-c5ccccc5)cc4)cc4ccccc4c3-c3c(c(-c4ccc(-c5ccccc5)cc4)cc4ccccc34)O2)Oc2c(-c3ccc(-c4ccccc4)cc3)cc3ccccc3c2-c2c(c(-c3ccc(-c4ccccc4)cc3)cc3ccccc23)O1)c1c(F)c(F)c2c(F)c(F)c(F)c(F)c2c1F. The van der Waals surface area contributed by atoms with E-state index in [0.717, 1.165) is 0 Å². The molecule has 0 fully saturated rings. The number of alkyl halides is 4. The Hall–Kier alpha value is -14.3. The van der Waals surface area contributed by atoms with Gasteiger partial charge in [-0.1, -0.05) is 320 Å². The van der Waals surface area contributed by atoms with Crippen LogP contribution in [0.5, 0.6) is 23.0 Å². The molecule has 11 nitrogen and oxygen atoms in total. The predicted molar refractivity (Wildman–Crippen MR) is 537 cm³/mol. The fraction of sp³-hybridized carbons (Fsp3) is 0.0182. The second-order valence-electron chi connectivity index (χ2n) is 32.5. The molecule has 2 aliphatic heterocycles. The van der Waals surface area contributed by atoms with E-state index < -0.39 is 171 Å². The van der Waals surface area contributed by atoms with Gasteiger partial charge < -0.3 is 22.6 Å².